The van der Waals surface area contributed by atoms with E-state index < -0.39 is 29.9 Å². The number of halogens is 1. The Bertz CT molecular complexity index is 846. The van der Waals surface area contributed by atoms with Crippen LogP contribution in [0.2, 0.25) is 5.02 Å². The summed E-state index contributed by atoms with van der Waals surface area (Å²) in [6, 6.07) is 6.22. The van der Waals surface area contributed by atoms with Crippen LogP contribution in [0.1, 0.15) is 32.6 Å². The van der Waals surface area contributed by atoms with Crippen molar-refractivity contribution in [2.45, 2.75) is 38.1 Å². The molecule has 2 N–H and O–H groups in total. The van der Waals surface area contributed by atoms with E-state index in [-0.39, 0.29) is 18.4 Å². The number of amides is 5. The number of hydrogen-bond acceptors (Lipinski definition) is 4. The van der Waals surface area contributed by atoms with E-state index in [0.717, 1.165) is 24.2 Å². The predicted octanol–water partition coefficient (Wildman–Crippen LogP) is 2.24. The van der Waals surface area contributed by atoms with Gasteiger partial charge in [-0.15, -0.1) is 0 Å². The van der Waals surface area contributed by atoms with Crippen LogP contribution in [-0.4, -0.2) is 59.2 Å². The summed E-state index contributed by atoms with van der Waals surface area (Å²) in [5.41, 5.74) is -0.461. The van der Waals surface area contributed by atoms with Crippen molar-refractivity contribution < 1.29 is 19.2 Å². The van der Waals surface area contributed by atoms with E-state index >= 15 is 0 Å². The van der Waals surface area contributed by atoms with Crippen molar-refractivity contribution in [3.8, 4) is 0 Å². The third-order valence-corrected chi connectivity index (χ3v) is 6.08. The molecule has 1 saturated heterocycles. The lowest BCUT2D eigenvalue weighted by molar-refractivity contribution is -0.140. The average Bonchev–Trinajstić information content (AvgIpc) is 2.91. The minimum atomic E-state index is -0.907. The monoisotopic (exact) mass is 420 g/mol. The van der Waals surface area contributed by atoms with Gasteiger partial charge in [-0.3, -0.25) is 19.3 Å². The molecule has 5 amide bonds. The van der Waals surface area contributed by atoms with Crippen molar-refractivity contribution in [2.24, 2.45) is 5.92 Å². The maximum Gasteiger partial charge on any atom is 0.325 e. The molecule has 8 nitrogen and oxygen atoms in total. The molecule has 1 spiro atoms. The Morgan fingerprint density at radius 2 is 2.03 bits per heavy atom. The summed E-state index contributed by atoms with van der Waals surface area (Å²) in [6.07, 6.45) is 3.32. The number of rotatable bonds is 5. The van der Waals surface area contributed by atoms with Gasteiger partial charge >= 0.3 is 6.03 Å². The second-order valence-electron chi connectivity index (χ2n) is 7.72. The van der Waals surface area contributed by atoms with E-state index in [9.17, 15) is 19.2 Å². The lowest BCUT2D eigenvalue weighted by Gasteiger charge is -2.36. The number of likely N-dealkylation sites (N-methyl/N-ethyl adjacent to an activating group) is 1. The van der Waals surface area contributed by atoms with Crippen LogP contribution in [0.5, 0.6) is 0 Å². The summed E-state index contributed by atoms with van der Waals surface area (Å²) in [6.45, 7) is 1.33. The molecule has 2 aliphatic rings. The van der Waals surface area contributed by atoms with Crippen LogP contribution in [0.25, 0.3) is 0 Å². The van der Waals surface area contributed by atoms with Crippen LogP contribution in [-0.2, 0) is 14.4 Å². The molecule has 1 saturated carbocycles. The molecule has 0 aromatic heterocycles. The van der Waals surface area contributed by atoms with E-state index in [0.29, 0.717) is 17.1 Å². The molecule has 1 aliphatic carbocycles. The number of imide groups is 1. The van der Waals surface area contributed by atoms with Gasteiger partial charge in [0.25, 0.3) is 5.91 Å². The average molecular weight is 421 g/mol. The summed E-state index contributed by atoms with van der Waals surface area (Å²) in [7, 11) is 1.45. The fourth-order valence-electron chi connectivity index (χ4n) is 3.95. The van der Waals surface area contributed by atoms with Gasteiger partial charge in [0.2, 0.25) is 11.8 Å². The first-order chi connectivity index (χ1) is 13.7. The number of carbonyl (C=O) groups is 4. The van der Waals surface area contributed by atoms with Gasteiger partial charge < -0.3 is 15.5 Å². The van der Waals surface area contributed by atoms with Crippen LogP contribution in [0, 0.1) is 5.92 Å². The van der Waals surface area contributed by atoms with Gasteiger partial charge in [-0.25, -0.2) is 4.79 Å². The number of nitrogens with one attached hydrogen (secondary N) is 2. The quantitative estimate of drug-likeness (QED) is 0.713. The second kappa shape index (κ2) is 8.41. The number of para-hydroxylation sites is 1. The summed E-state index contributed by atoms with van der Waals surface area (Å²) in [5, 5.41) is 5.84. The number of hydrogen-bond donors (Lipinski definition) is 2. The van der Waals surface area contributed by atoms with Crippen molar-refractivity contribution in [3.63, 3.8) is 0 Å². The molecular formula is C20H25ClN4O4. The molecule has 1 aromatic carbocycles. The first kappa shape index (κ1) is 21.1. The highest BCUT2D eigenvalue weighted by Crippen LogP contribution is 2.38. The smallest absolute Gasteiger partial charge is 0.325 e. The molecule has 1 heterocycles. The number of benzene rings is 1. The third-order valence-electron chi connectivity index (χ3n) is 5.75. The van der Waals surface area contributed by atoms with Crippen LogP contribution < -0.4 is 10.6 Å². The van der Waals surface area contributed by atoms with Crippen molar-refractivity contribution in [3.05, 3.63) is 29.3 Å². The normalized spacial score (nSPS) is 23.8. The maximum atomic E-state index is 12.9. The molecule has 2 fully saturated rings. The van der Waals surface area contributed by atoms with Gasteiger partial charge in [0.1, 0.15) is 12.1 Å². The Kier molecular flexibility index (Phi) is 6.12. The molecule has 0 bridgehead atoms. The highest BCUT2D eigenvalue weighted by Gasteiger charge is 2.55. The second-order valence-corrected chi connectivity index (χ2v) is 8.12. The molecule has 1 aliphatic heterocycles. The van der Waals surface area contributed by atoms with Gasteiger partial charge in [0.05, 0.1) is 17.3 Å². The Morgan fingerprint density at radius 3 is 2.72 bits per heavy atom. The number of carbonyl (C=O) groups excluding carboxylic acids is 4. The zero-order chi connectivity index (χ0) is 21.2. The summed E-state index contributed by atoms with van der Waals surface area (Å²) < 4.78 is 0. The zero-order valence-corrected chi connectivity index (χ0v) is 17.3. The Morgan fingerprint density at radius 1 is 1.31 bits per heavy atom. The third kappa shape index (κ3) is 4.22. The number of nitrogens with zero attached hydrogens (tertiary/aromatic N) is 2. The highest BCUT2D eigenvalue weighted by molar-refractivity contribution is 6.33. The van der Waals surface area contributed by atoms with E-state index in [1.54, 1.807) is 24.3 Å². The molecule has 156 valence electrons. The summed E-state index contributed by atoms with van der Waals surface area (Å²) in [4.78, 5) is 52.2. The van der Waals surface area contributed by atoms with Crippen LogP contribution in [0.3, 0.4) is 0 Å². The SMILES string of the molecule is C[C@H]1CCCC[C@@]12NC(=O)N(CC(=O)N(C)CC(=O)Nc1ccccc1Cl)C2=O. The highest BCUT2D eigenvalue weighted by atomic mass is 35.5. The van der Waals surface area contributed by atoms with E-state index in [1.807, 2.05) is 6.92 Å². The lowest BCUT2D eigenvalue weighted by atomic mass is 9.73. The maximum absolute atomic E-state index is 12.9. The van der Waals surface area contributed by atoms with Crippen LogP contribution in [0.15, 0.2) is 24.3 Å². The Labute approximate surface area is 174 Å². The van der Waals surface area contributed by atoms with Gasteiger partial charge in [0, 0.05) is 7.05 Å². The minimum absolute atomic E-state index is 0.0203. The predicted molar refractivity (Wildman–Crippen MR) is 108 cm³/mol. The van der Waals surface area contributed by atoms with Crippen LogP contribution >= 0.6 is 11.6 Å². The van der Waals surface area contributed by atoms with Crippen molar-refractivity contribution in [1.82, 2.24) is 15.1 Å². The molecule has 3 rings (SSSR count). The molecule has 9 heteroatoms. The van der Waals surface area contributed by atoms with Gasteiger partial charge in [0.15, 0.2) is 0 Å². The molecule has 29 heavy (non-hydrogen) atoms. The minimum Gasteiger partial charge on any atom is -0.335 e. The van der Waals surface area contributed by atoms with Crippen molar-refractivity contribution in [2.75, 3.05) is 25.5 Å². The zero-order valence-electron chi connectivity index (χ0n) is 16.5. The van der Waals surface area contributed by atoms with Gasteiger partial charge in [-0.1, -0.05) is 43.5 Å². The Hall–Kier alpha value is -2.61. The van der Waals surface area contributed by atoms with Crippen molar-refractivity contribution in [1.29, 1.82) is 0 Å². The molecule has 1 aromatic rings. The summed E-state index contributed by atoms with van der Waals surface area (Å²) >= 11 is 6.01. The van der Waals surface area contributed by atoms with Crippen LogP contribution in [0.4, 0.5) is 10.5 Å². The van der Waals surface area contributed by atoms with Crippen molar-refractivity contribution >= 4 is 41.0 Å². The Balaban J connectivity index is 1.59. The standard InChI is InChI=1S/C20H25ClN4O4/c1-13-7-5-6-10-20(13)18(28)25(19(29)23-20)12-17(27)24(2)11-16(26)22-15-9-4-3-8-14(15)21/h3-4,8-9,13H,5-7,10-12H2,1-2H3,(H,22,26)(H,23,29)/t13-,20+/m0/s1. The molecule has 0 radical (unpaired) electrons. The fraction of sp³-hybridized carbons (Fsp3) is 0.500. The van der Waals surface area contributed by atoms with E-state index in [2.05, 4.69) is 10.6 Å². The number of urea groups is 1. The lowest BCUT2D eigenvalue weighted by Crippen LogP contribution is -2.54. The van der Waals surface area contributed by atoms with Gasteiger partial charge in [-0.2, -0.15) is 0 Å². The van der Waals surface area contributed by atoms with E-state index in [1.165, 1.54) is 11.9 Å². The topological polar surface area (TPSA) is 98.8 Å². The molecular weight excluding hydrogens is 396 g/mol. The fourth-order valence-corrected chi connectivity index (χ4v) is 4.13. The largest absolute Gasteiger partial charge is 0.335 e. The number of anilines is 1. The first-order valence-corrected chi connectivity index (χ1v) is 10.0. The van der Waals surface area contributed by atoms with E-state index in [4.69, 9.17) is 11.6 Å². The molecule has 0 unspecified atom stereocenters. The summed E-state index contributed by atoms with van der Waals surface area (Å²) in [5.74, 6) is -1.25. The molecule has 2 atom stereocenters. The van der Waals surface area contributed by atoms with Gasteiger partial charge in [-0.05, 0) is 30.9 Å². The first-order valence-electron chi connectivity index (χ1n) is 9.67.